The molecule has 0 heterocycles. The number of aromatic hydroxyl groups is 1. The Balaban J connectivity index is 1.67. The van der Waals surface area contributed by atoms with Crippen LogP contribution in [0.4, 0.5) is 0 Å². The maximum Gasteiger partial charge on any atom is 0.306 e. The van der Waals surface area contributed by atoms with E-state index in [0.29, 0.717) is 31.8 Å². The molecule has 2 N–H and O–H groups in total. The van der Waals surface area contributed by atoms with Crippen molar-refractivity contribution in [2.45, 2.75) is 44.7 Å². The number of rotatable bonds is 5. The smallest absolute Gasteiger partial charge is 0.306 e. The van der Waals surface area contributed by atoms with Gasteiger partial charge in [0.25, 0.3) is 0 Å². The minimum Gasteiger partial charge on any atom is -0.508 e. The highest BCUT2D eigenvalue weighted by Gasteiger charge is 2.40. The number of aliphatic carboxylic acids is 1. The molecule has 1 aromatic rings. The summed E-state index contributed by atoms with van der Waals surface area (Å²) in [5.41, 5.74) is 0.992. The number of benzene rings is 1. The maximum absolute atomic E-state index is 12.8. The molecule has 2 unspecified atom stereocenters. The van der Waals surface area contributed by atoms with Crippen molar-refractivity contribution in [1.29, 1.82) is 0 Å². The molecule has 1 aromatic carbocycles. The summed E-state index contributed by atoms with van der Waals surface area (Å²) in [7, 11) is 0. The van der Waals surface area contributed by atoms with Crippen LogP contribution < -0.4 is 0 Å². The molecule has 3 rings (SSSR count). The zero-order chi connectivity index (χ0) is 15.7. The molecule has 0 aromatic heterocycles. The van der Waals surface area contributed by atoms with Gasteiger partial charge in [-0.3, -0.25) is 9.59 Å². The molecule has 5 heteroatoms. The van der Waals surface area contributed by atoms with Gasteiger partial charge in [-0.25, -0.2) is 0 Å². The topological polar surface area (TPSA) is 77.8 Å². The number of carbonyl (C=O) groups excluding carboxylic acids is 1. The molecule has 0 saturated heterocycles. The van der Waals surface area contributed by atoms with Crippen molar-refractivity contribution in [1.82, 2.24) is 4.90 Å². The molecule has 2 saturated carbocycles. The molecule has 1 amide bonds. The van der Waals surface area contributed by atoms with Crippen LogP contribution in [-0.2, 0) is 16.1 Å². The molecule has 0 radical (unpaired) electrons. The SMILES string of the molecule is O=C(O)C1CCC(C(=O)N(Cc2ccc(O)cc2)C2CC2)C1. The highest BCUT2D eigenvalue weighted by atomic mass is 16.4. The van der Waals surface area contributed by atoms with Crippen LogP contribution in [0.25, 0.3) is 0 Å². The first kappa shape index (κ1) is 14.9. The predicted molar refractivity (Wildman–Crippen MR) is 80.1 cm³/mol. The van der Waals surface area contributed by atoms with E-state index in [1.165, 1.54) is 0 Å². The third-order valence-corrected chi connectivity index (χ3v) is 4.69. The molecule has 22 heavy (non-hydrogen) atoms. The lowest BCUT2D eigenvalue weighted by atomic mass is 10.0. The summed E-state index contributed by atoms with van der Waals surface area (Å²) in [5.74, 6) is -0.998. The molecule has 0 aliphatic heterocycles. The van der Waals surface area contributed by atoms with Crippen molar-refractivity contribution < 1.29 is 19.8 Å². The third-order valence-electron chi connectivity index (χ3n) is 4.69. The average Bonchev–Trinajstić information content (AvgIpc) is 3.21. The number of carboxylic acid groups (broad SMARTS) is 1. The van der Waals surface area contributed by atoms with Crippen molar-refractivity contribution >= 4 is 11.9 Å². The minimum atomic E-state index is -0.785. The van der Waals surface area contributed by atoms with Gasteiger partial charge in [-0.05, 0) is 49.8 Å². The zero-order valence-corrected chi connectivity index (χ0v) is 12.4. The van der Waals surface area contributed by atoms with Crippen LogP contribution in [-0.4, -0.2) is 33.0 Å². The maximum atomic E-state index is 12.8. The van der Waals surface area contributed by atoms with Crippen LogP contribution in [0.2, 0.25) is 0 Å². The number of nitrogens with zero attached hydrogens (tertiary/aromatic N) is 1. The number of hydrogen-bond acceptors (Lipinski definition) is 3. The van der Waals surface area contributed by atoms with E-state index in [2.05, 4.69) is 0 Å². The Morgan fingerprint density at radius 2 is 1.68 bits per heavy atom. The number of phenols is 1. The second-order valence-electron chi connectivity index (χ2n) is 6.41. The van der Waals surface area contributed by atoms with E-state index in [-0.39, 0.29) is 23.5 Å². The van der Waals surface area contributed by atoms with Gasteiger partial charge in [0.15, 0.2) is 0 Å². The van der Waals surface area contributed by atoms with Gasteiger partial charge in [0, 0.05) is 18.5 Å². The summed E-state index contributed by atoms with van der Waals surface area (Å²) in [6.07, 6.45) is 3.79. The first-order chi connectivity index (χ1) is 10.5. The minimum absolute atomic E-state index is 0.0966. The first-order valence-electron chi connectivity index (χ1n) is 7.86. The summed E-state index contributed by atoms with van der Waals surface area (Å²) in [4.78, 5) is 25.7. The number of amides is 1. The van der Waals surface area contributed by atoms with Gasteiger partial charge in [0.05, 0.1) is 5.92 Å². The molecular weight excluding hydrogens is 282 g/mol. The Morgan fingerprint density at radius 1 is 1.05 bits per heavy atom. The lowest BCUT2D eigenvalue weighted by Crippen LogP contribution is -2.36. The van der Waals surface area contributed by atoms with Gasteiger partial charge >= 0.3 is 5.97 Å². The first-order valence-corrected chi connectivity index (χ1v) is 7.86. The molecule has 5 nitrogen and oxygen atoms in total. The largest absolute Gasteiger partial charge is 0.508 e. The zero-order valence-electron chi connectivity index (χ0n) is 12.4. The van der Waals surface area contributed by atoms with Crippen LogP contribution in [0, 0.1) is 11.8 Å². The third kappa shape index (κ3) is 3.24. The highest BCUT2D eigenvalue weighted by molar-refractivity contribution is 5.81. The quantitative estimate of drug-likeness (QED) is 0.875. The van der Waals surface area contributed by atoms with E-state index < -0.39 is 5.97 Å². The monoisotopic (exact) mass is 303 g/mol. The Bertz CT molecular complexity index is 565. The summed E-state index contributed by atoms with van der Waals surface area (Å²) >= 11 is 0. The van der Waals surface area contributed by atoms with Crippen LogP contribution in [0.15, 0.2) is 24.3 Å². The molecular formula is C17H21NO4. The van der Waals surface area contributed by atoms with Crippen molar-refractivity contribution in [3.05, 3.63) is 29.8 Å². The summed E-state index contributed by atoms with van der Waals surface area (Å²) in [6, 6.07) is 7.20. The molecule has 2 fully saturated rings. The van der Waals surface area contributed by atoms with E-state index >= 15 is 0 Å². The van der Waals surface area contributed by atoms with E-state index in [1.807, 2.05) is 17.0 Å². The molecule has 0 spiro atoms. The van der Waals surface area contributed by atoms with Gasteiger partial charge in [-0.15, -0.1) is 0 Å². The molecule has 0 bridgehead atoms. The number of carboxylic acids is 1. The molecule has 2 aliphatic carbocycles. The van der Waals surface area contributed by atoms with Crippen LogP contribution >= 0.6 is 0 Å². The van der Waals surface area contributed by atoms with Gasteiger partial charge in [0.2, 0.25) is 5.91 Å². The van der Waals surface area contributed by atoms with Gasteiger partial charge in [-0.1, -0.05) is 12.1 Å². The second-order valence-corrected chi connectivity index (χ2v) is 6.41. The molecule has 118 valence electrons. The Labute approximate surface area is 129 Å². The average molecular weight is 303 g/mol. The fourth-order valence-electron chi connectivity index (χ4n) is 3.24. The Morgan fingerprint density at radius 3 is 2.23 bits per heavy atom. The summed E-state index contributed by atoms with van der Waals surface area (Å²) < 4.78 is 0. The number of carbonyl (C=O) groups is 2. The fraction of sp³-hybridized carbons (Fsp3) is 0.529. The van der Waals surface area contributed by atoms with E-state index in [1.54, 1.807) is 12.1 Å². The molecule has 2 atom stereocenters. The van der Waals surface area contributed by atoms with Gasteiger partial charge in [0.1, 0.15) is 5.75 Å². The van der Waals surface area contributed by atoms with E-state index in [4.69, 9.17) is 5.11 Å². The lowest BCUT2D eigenvalue weighted by molar-refractivity contribution is -0.141. The van der Waals surface area contributed by atoms with Crippen molar-refractivity contribution in [2.24, 2.45) is 11.8 Å². The second kappa shape index (κ2) is 5.99. The van der Waals surface area contributed by atoms with Crippen LogP contribution in [0.3, 0.4) is 0 Å². The summed E-state index contributed by atoms with van der Waals surface area (Å²) in [6.45, 7) is 0.540. The van der Waals surface area contributed by atoms with E-state index in [9.17, 15) is 14.7 Å². The normalized spacial score (nSPS) is 24.2. The van der Waals surface area contributed by atoms with E-state index in [0.717, 1.165) is 18.4 Å². The number of hydrogen-bond donors (Lipinski definition) is 2. The Hall–Kier alpha value is -2.04. The lowest BCUT2D eigenvalue weighted by Gasteiger charge is -2.26. The van der Waals surface area contributed by atoms with Crippen molar-refractivity contribution in [2.75, 3.05) is 0 Å². The standard InChI is InChI=1S/C17H21NO4/c19-15-7-1-11(2-8-15)10-18(14-5-6-14)16(20)12-3-4-13(9-12)17(21)22/h1-2,7-8,12-14,19H,3-6,9-10H2,(H,21,22). The van der Waals surface area contributed by atoms with Crippen LogP contribution in [0.1, 0.15) is 37.7 Å². The van der Waals surface area contributed by atoms with Crippen molar-refractivity contribution in [3.63, 3.8) is 0 Å². The van der Waals surface area contributed by atoms with Gasteiger partial charge < -0.3 is 15.1 Å². The van der Waals surface area contributed by atoms with Gasteiger partial charge in [-0.2, -0.15) is 0 Å². The fourth-order valence-corrected chi connectivity index (χ4v) is 3.24. The molecule has 2 aliphatic rings. The summed E-state index contributed by atoms with van der Waals surface area (Å²) in [5, 5.41) is 18.4. The Kier molecular flexibility index (Phi) is 4.05. The predicted octanol–water partition coefficient (Wildman–Crippen LogP) is 2.38. The van der Waals surface area contributed by atoms with Crippen LogP contribution in [0.5, 0.6) is 5.75 Å². The van der Waals surface area contributed by atoms with Crippen molar-refractivity contribution in [3.8, 4) is 5.75 Å². The highest BCUT2D eigenvalue weighted by Crippen LogP contribution is 2.36. The number of phenolic OH excluding ortho intramolecular Hbond substituents is 1.